The van der Waals surface area contributed by atoms with E-state index < -0.39 is 17.7 Å². The highest BCUT2D eigenvalue weighted by atomic mass is 127. The molecule has 2 heterocycles. The zero-order valence-corrected chi connectivity index (χ0v) is 21.5. The first-order valence-corrected chi connectivity index (χ1v) is 10.8. The van der Waals surface area contributed by atoms with Gasteiger partial charge in [-0.05, 0) is 46.0 Å². The van der Waals surface area contributed by atoms with Gasteiger partial charge in [-0.2, -0.15) is 5.10 Å². The van der Waals surface area contributed by atoms with Crippen molar-refractivity contribution in [2.75, 3.05) is 45.2 Å². The third kappa shape index (κ3) is 6.77. The molecule has 2 N–H and O–H groups in total. The molecule has 2 atom stereocenters. The van der Waals surface area contributed by atoms with Crippen molar-refractivity contribution in [2.24, 2.45) is 12.0 Å². The average molecular weight is 561 g/mol. The zero-order chi connectivity index (χ0) is 22.4. The minimum Gasteiger partial charge on any atom is -0.367 e. The van der Waals surface area contributed by atoms with Gasteiger partial charge >= 0.3 is 0 Å². The van der Waals surface area contributed by atoms with E-state index in [9.17, 15) is 8.78 Å². The lowest BCUT2D eigenvalue weighted by Crippen LogP contribution is -2.51. The molecule has 0 radical (unpaired) electrons. The number of aromatic nitrogens is 2. The summed E-state index contributed by atoms with van der Waals surface area (Å²) in [5.74, 6) is -0.443. The molecule has 0 bridgehead atoms. The van der Waals surface area contributed by atoms with Gasteiger partial charge in [0.15, 0.2) is 5.96 Å². The second kappa shape index (κ2) is 12.3. The van der Waals surface area contributed by atoms with Crippen LogP contribution in [0.3, 0.4) is 0 Å². The number of guanidine groups is 1. The molecular formula is C22H34F2IN7. The number of halogens is 3. The number of hydrogen-bond donors (Lipinski definition) is 2. The average Bonchev–Trinajstić information content (AvgIpc) is 3.16. The van der Waals surface area contributed by atoms with Crippen molar-refractivity contribution < 1.29 is 8.78 Å². The monoisotopic (exact) mass is 561 g/mol. The summed E-state index contributed by atoms with van der Waals surface area (Å²) >= 11 is 0. The lowest BCUT2D eigenvalue weighted by Gasteiger charge is -2.34. The van der Waals surface area contributed by atoms with Crippen LogP contribution in [0.25, 0.3) is 0 Å². The Labute approximate surface area is 206 Å². The SMILES string of the molecule is CCNC(=NCC(c1c(F)cccc1F)N(C)C)NC1CCCN(c2cnn(C)c2)C1.I. The number of benzene rings is 1. The number of piperidine rings is 1. The molecule has 178 valence electrons. The van der Waals surface area contributed by atoms with E-state index in [4.69, 9.17) is 0 Å². The maximum Gasteiger partial charge on any atom is 0.191 e. The van der Waals surface area contributed by atoms with Gasteiger partial charge in [0.1, 0.15) is 11.6 Å². The second-order valence-corrected chi connectivity index (χ2v) is 8.14. The Balaban J connectivity index is 0.00000363. The molecule has 1 aliphatic heterocycles. The van der Waals surface area contributed by atoms with E-state index >= 15 is 0 Å². The summed E-state index contributed by atoms with van der Waals surface area (Å²) < 4.78 is 30.5. The summed E-state index contributed by atoms with van der Waals surface area (Å²) in [6.07, 6.45) is 5.99. The highest BCUT2D eigenvalue weighted by Gasteiger charge is 2.24. The van der Waals surface area contributed by atoms with Crippen molar-refractivity contribution in [2.45, 2.75) is 31.8 Å². The Morgan fingerprint density at radius 1 is 1.31 bits per heavy atom. The zero-order valence-electron chi connectivity index (χ0n) is 19.2. The number of hydrogen-bond acceptors (Lipinski definition) is 4. The molecule has 1 aliphatic rings. The summed E-state index contributed by atoms with van der Waals surface area (Å²) in [5.41, 5.74) is 1.16. The van der Waals surface area contributed by atoms with Crippen LogP contribution in [0.1, 0.15) is 31.4 Å². The van der Waals surface area contributed by atoms with Crippen LogP contribution in [-0.4, -0.2) is 67.0 Å². The Morgan fingerprint density at radius 2 is 2.03 bits per heavy atom. The highest BCUT2D eigenvalue weighted by Crippen LogP contribution is 2.25. The fourth-order valence-electron chi connectivity index (χ4n) is 3.93. The van der Waals surface area contributed by atoms with Crippen LogP contribution < -0.4 is 15.5 Å². The van der Waals surface area contributed by atoms with Crippen LogP contribution in [-0.2, 0) is 7.05 Å². The van der Waals surface area contributed by atoms with E-state index in [0.29, 0.717) is 12.5 Å². The first kappa shape index (κ1) is 26.3. The van der Waals surface area contributed by atoms with Gasteiger partial charge in [0, 0.05) is 44.5 Å². The Bertz CT molecular complexity index is 867. The summed E-state index contributed by atoms with van der Waals surface area (Å²) in [6.45, 7) is 4.77. The van der Waals surface area contributed by atoms with E-state index in [2.05, 4.69) is 25.6 Å². The molecule has 2 aromatic rings. The summed E-state index contributed by atoms with van der Waals surface area (Å²) in [6, 6.07) is 3.67. The van der Waals surface area contributed by atoms with Crippen LogP contribution in [0.15, 0.2) is 35.6 Å². The van der Waals surface area contributed by atoms with E-state index in [1.807, 2.05) is 26.4 Å². The normalized spacial score (nSPS) is 17.8. The fraction of sp³-hybridized carbons (Fsp3) is 0.545. The van der Waals surface area contributed by atoms with Gasteiger partial charge in [0.25, 0.3) is 0 Å². The van der Waals surface area contributed by atoms with Crippen LogP contribution in [0, 0.1) is 11.6 Å². The van der Waals surface area contributed by atoms with Gasteiger partial charge in [-0.3, -0.25) is 9.67 Å². The van der Waals surface area contributed by atoms with Crippen LogP contribution in [0.5, 0.6) is 0 Å². The minimum atomic E-state index is -0.550. The van der Waals surface area contributed by atoms with E-state index in [1.165, 1.54) is 18.2 Å². The smallest absolute Gasteiger partial charge is 0.191 e. The largest absolute Gasteiger partial charge is 0.367 e. The van der Waals surface area contributed by atoms with Crippen LogP contribution in [0.4, 0.5) is 14.5 Å². The Morgan fingerprint density at radius 3 is 2.62 bits per heavy atom. The topological polar surface area (TPSA) is 60.7 Å². The predicted molar refractivity (Wildman–Crippen MR) is 136 cm³/mol. The van der Waals surface area contributed by atoms with Crippen molar-refractivity contribution >= 4 is 35.6 Å². The van der Waals surface area contributed by atoms with E-state index in [0.717, 1.165) is 31.6 Å². The molecule has 3 rings (SSSR count). The first-order valence-electron chi connectivity index (χ1n) is 10.8. The highest BCUT2D eigenvalue weighted by molar-refractivity contribution is 14.0. The van der Waals surface area contributed by atoms with Gasteiger partial charge in [0.2, 0.25) is 0 Å². The molecular weight excluding hydrogens is 527 g/mol. The molecule has 32 heavy (non-hydrogen) atoms. The van der Waals surface area contributed by atoms with Crippen molar-refractivity contribution in [3.63, 3.8) is 0 Å². The number of aliphatic imine (C=N–C) groups is 1. The maximum absolute atomic E-state index is 14.4. The Kier molecular flexibility index (Phi) is 10.1. The summed E-state index contributed by atoms with van der Waals surface area (Å²) in [5, 5.41) is 11.0. The fourth-order valence-corrected chi connectivity index (χ4v) is 3.93. The van der Waals surface area contributed by atoms with Gasteiger partial charge in [-0.25, -0.2) is 8.78 Å². The number of nitrogens with one attached hydrogen (secondary N) is 2. The van der Waals surface area contributed by atoms with Gasteiger partial charge in [0.05, 0.1) is 24.5 Å². The van der Waals surface area contributed by atoms with Crippen LogP contribution >= 0.6 is 24.0 Å². The first-order chi connectivity index (χ1) is 14.9. The Hall–Kier alpha value is -1.95. The lowest BCUT2D eigenvalue weighted by atomic mass is 10.0. The predicted octanol–water partition coefficient (Wildman–Crippen LogP) is 3.14. The quantitative estimate of drug-likeness (QED) is 0.309. The number of likely N-dealkylation sites (N-methyl/N-ethyl adjacent to an activating group) is 1. The molecule has 0 saturated carbocycles. The van der Waals surface area contributed by atoms with E-state index in [1.54, 1.807) is 23.7 Å². The molecule has 1 aromatic heterocycles. The molecule has 1 aromatic carbocycles. The molecule has 10 heteroatoms. The molecule has 7 nitrogen and oxygen atoms in total. The molecule has 1 saturated heterocycles. The molecule has 0 aliphatic carbocycles. The van der Waals surface area contributed by atoms with Crippen LogP contribution in [0.2, 0.25) is 0 Å². The summed E-state index contributed by atoms with van der Waals surface area (Å²) in [4.78, 5) is 8.78. The van der Waals surface area contributed by atoms with Crippen molar-refractivity contribution in [1.82, 2.24) is 25.3 Å². The van der Waals surface area contributed by atoms with E-state index in [-0.39, 0.29) is 42.1 Å². The maximum atomic E-state index is 14.4. The number of nitrogens with zero attached hydrogens (tertiary/aromatic N) is 5. The number of aryl methyl sites for hydroxylation is 1. The lowest BCUT2D eigenvalue weighted by molar-refractivity contribution is 0.290. The molecule has 1 fully saturated rings. The third-order valence-corrected chi connectivity index (χ3v) is 5.54. The number of rotatable bonds is 7. The molecule has 2 unspecified atom stereocenters. The van der Waals surface area contributed by atoms with Gasteiger partial charge in [-0.15, -0.1) is 24.0 Å². The second-order valence-electron chi connectivity index (χ2n) is 8.14. The molecule has 0 spiro atoms. The standard InChI is InChI=1S/C22H33F2N7.HI/c1-5-25-22(26-13-20(29(2)3)21-18(23)9-6-10-19(21)24)28-16-8-7-11-31(14-16)17-12-27-30(4)15-17;/h6,9-10,12,15-16,20H,5,7-8,11,13-14H2,1-4H3,(H2,25,26,28);1H. The van der Waals surface area contributed by atoms with Crippen molar-refractivity contribution in [3.05, 3.63) is 47.8 Å². The van der Waals surface area contributed by atoms with Gasteiger partial charge in [-0.1, -0.05) is 6.07 Å². The minimum absolute atomic E-state index is 0. The molecule has 0 amide bonds. The third-order valence-electron chi connectivity index (χ3n) is 5.54. The van der Waals surface area contributed by atoms with Crippen molar-refractivity contribution in [1.29, 1.82) is 0 Å². The van der Waals surface area contributed by atoms with Crippen molar-refractivity contribution in [3.8, 4) is 0 Å². The number of anilines is 1. The summed E-state index contributed by atoms with van der Waals surface area (Å²) in [7, 11) is 5.53. The van der Waals surface area contributed by atoms with Gasteiger partial charge < -0.3 is 20.4 Å².